The molecule has 0 spiro atoms. The quantitative estimate of drug-likeness (QED) is 0.914. The summed E-state index contributed by atoms with van der Waals surface area (Å²) in [5.41, 5.74) is 0.320. The van der Waals surface area contributed by atoms with Crippen molar-refractivity contribution in [1.82, 2.24) is 15.0 Å². The highest BCUT2D eigenvalue weighted by Gasteiger charge is 2.43. The van der Waals surface area contributed by atoms with Gasteiger partial charge >= 0.3 is 5.97 Å². The largest absolute Gasteiger partial charge is 0.481 e. The van der Waals surface area contributed by atoms with Crippen molar-refractivity contribution < 1.29 is 14.4 Å². The van der Waals surface area contributed by atoms with Gasteiger partial charge in [0.25, 0.3) is 0 Å². The number of aromatic nitrogens is 2. The van der Waals surface area contributed by atoms with Crippen LogP contribution in [0.2, 0.25) is 0 Å². The Morgan fingerprint density at radius 3 is 3.10 bits per heavy atom. The molecule has 1 aliphatic rings. The number of carboxylic acid groups (broad SMARTS) is 1. The van der Waals surface area contributed by atoms with Crippen LogP contribution in [0, 0.1) is 5.41 Å². The first kappa shape index (κ1) is 14.2. The molecule has 7 heteroatoms. The molecule has 0 saturated carbocycles. The molecule has 2 aromatic rings. The lowest BCUT2D eigenvalue weighted by Crippen LogP contribution is -2.33. The lowest BCUT2D eigenvalue weighted by atomic mass is 9.84. The summed E-state index contributed by atoms with van der Waals surface area (Å²) in [7, 11) is 0. The van der Waals surface area contributed by atoms with Gasteiger partial charge in [0.15, 0.2) is 0 Å². The number of thiophene rings is 1. The highest BCUT2D eigenvalue weighted by molar-refractivity contribution is 7.08. The van der Waals surface area contributed by atoms with Crippen LogP contribution in [0.25, 0.3) is 11.4 Å². The minimum Gasteiger partial charge on any atom is -0.481 e. The first-order valence-corrected chi connectivity index (χ1v) is 7.88. The minimum atomic E-state index is -0.711. The van der Waals surface area contributed by atoms with Crippen molar-refractivity contribution in [2.75, 3.05) is 13.1 Å². The summed E-state index contributed by atoms with van der Waals surface area (Å²) in [6, 6.07) is 1.95. The topological polar surface area (TPSA) is 79.5 Å². The highest BCUT2D eigenvalue weighted by Crippen LogP contribution is 2.34. The summed E-state index contributed by atoms with van der Waals surface area (Å²) in [4.78, 5) is 17.9. The van der Waals surface area contributed by atoms with Crippen LogP contribution >= 0.6 is 11.3 Å². The van der Waals surface area contributed by atoms with E-state index in [9.17, 15) is 9.90 Å². The van der Waals surface area contributed by atoms with E-state index in [1.807, 2.05) is 23.8 Å². The molecule has 1 atom stereocenters. The molecule has 3 heterocycles. The molecule has 0 aliphatic carbocycles. The molecule has 6 nitrogen and oxygen atoms in total. The number of hydrogen-bond donors (Lipinski definition) is 1. The highest BCUT2D eigenvalue weighted by atomic mass is 32.1. The van der Waals surface area contributed by atoms with Gasteiger partial charge in [0.05, 0.1) is 12.0 Å². The number of rotatable bonds is 5. The van der Waals surface area contributed by atoms with Crippen molar-refractivity contribution in [3.8, 4) is 11.4 Å². The van der Waals surface area contributed by atoms with Gasteiger partial charge in [-0.05, 0) is 30.8 Å². The molecule has 1 aliphatic heterocycles. The fraction of sp³-hybridized carbons (Fsp3) is 0.500. The minimum absolute atomic E-state index is 0.506. The standard InChI is InChI=1S/C14H17N3O3S/c1-2-14(13(18)19)4-5-17(9-14)7-11-15-12(16-20-11)10-3-6-21-8-10/h3,6,8H,2,4-5,7,9H2,1H3,(H,18,19). The molecule has 0 bridgehead atoms. The summed E-state index contributed by atoms with van der Waals surface area (Å²) in [6.45, 7) is 3.72. The summed E-state index contributed by atoms with van der Waals surface area (Å²) in [5, 5.41) is 17.3. The molecule has 2 aromatic heterocycles. The van der Waals surface area contributed by atoms with Crippen LogP contribution in [0.15, 0.2) is 21.3 Å². The third kappa shape index (κ3) is 2.71. The van der Waals surface area contributed by atoms with E-state index in [2.05, 4.69) is 15.0 Å². The average Bonchev–Trinajstić information content (AvgIpc) is 3.19. The maximum Gasteiger partial charge on any atom is 0.310 e. The van der Waals surface area contributed by atoms with E-state index in [1.165, 1.54) is 0 Å². The summed E-state index contributed by atoms with van der Waals surface area (Å²) in [6.07, 6.45) is 1.31. The number of hydrogen-bond acceptors (Lipinski definition) is 6. The Labute approximate surface area is 126 Å². The van der Waals surface area contributed by atoms with E-state index in [1.54, 1.807) is 11.3 Å². The molecule has 1 fully saturated rings. The van der Waals surface area contributed by atoms with E-state index in [0.29, 0.717) is 37.6 Å². The van der Waals surface area contributed by atoms with Crippen LogP contribution in [0.4, 0.5) is 0 Å². The number of carbonyl (C=O) groups is 1. The lowest BCUT2D eigenvalue weighted by Gasteiger charge is -2.22. The normalized spacial score (nSPS) is 22.7. The molecule has 0 radical (unpaired) electrons. The first-order valence-electron chi connectivity index (χ1n) is 6.94. The molecule has 112 valence electrons. The molecule has 0 aromatic carbocycles. The van der Waals surface area contributed by atoms with E-state index in [-0.39, 0.29) is 0 Å². The summed E-state index contributed by atoms with van der Waals surface area (Å²) >= 11 is 1.59. The van der Waals surface area contributed by atoms with Crippen molar-refractivity contribution in [3.05, 3.63) is 22.7 Å². The van der Waals surface area contributed by atoms with Crippen molar-refractivity contribution >= 4 is 17.3 Å². The second-order valence-electron chi connectivity index (χ2n) is 5.42. The zero-order valence-corrected chi connectivity index (χ0v) is 12.6. The van der Waals surface area contributed by atoms with Crippen LogP contribution in [-0.2, 0) is 11.3 Å². The molecular formula is C14H17N3O3S. The maximum atomic E-state index is 11.4. The molecule has 0 amide bonds. The summed E-state index contributed by atoms with van der Waals surface area (Å²) < 4.78 is 5.27. The van der Waals surface area contributed by atoms with Crippen LogP contribution in [-0.4, -0.2) is 39.2 Å². The van der Waals surface area contributed by atoms with Crippen molar-refractivity contribution in [2.24, 2.45) is 5.41 Å². The van der Waals surface area contributed by atoms with Gasteiger partial charge in [-0.15, -0.1) is 0 Å². The maximum absolute atomic E-state index is 11.4. The SMILES string of the molecule is CCC1(C(=O)O)CCN(Cc2nc(-c3ccsc3)no2)C1. The fourth-order valence-corrected chi connectivity index (χ4v) is 3.36. The Bertz CT molecular complexity index is 625. The van der Waals surface area contributed by atoms with Gasteiger partial charge in [0.2, 0.25) is 11.7 Å². The average molecular weight is 307 g/mol. The monoisotopic (exact) mass is 307 g/mol. The predicted octanol–water partition coefficient (Wildman–Crippen LogP) is 2.48. The Morgan fingerprint density at radius 2 is 2.48 bits per heavy atom. The molecular weight excluding hydrogens is 290 g/mol. The number of nitrogens with zero attached hydrogens (tertiary/aromatic N) is 3. The van der Waals surface area contributed by atoms with Gasteiger partial charge in [-0.3, -0.25) is 9.69 Å². The summed E-state index contributed by atoms with van der Waals surface area (Å²) in [5.74, 6) is 0.413. The van der Waals surface area contributed by atoms with E-state index < -0.39 is 11.4 Å². The Balaban J connectivity index is 1.67. The van der Waals surface area contributed by atoms with Crippen LogP contribution < -0.4 is 0 Å². The van der Waals surface area contributed by atoms with Crippen LogP contribution in [0.5, 0.6) is 0 Å². The first-order chi connectivity index (χ1) is 10.1. The van der Waals surface area contributed by atoms with Crippen molar-refractivity contribution in [3.63, 3.8) is 0 Å². The lowest BCUT2D eigenvalue weighted by molar-refractivity contribution is -0.148. The van der Waals surface area contributed by atoms with Gasteiger partial charge in [0, 0.05) is 17.5 Å². The zero-order chi connectivity index (χ0) is 14.9. The van der Waals surface area contributed by atoms with Gasteiger partial charge in [-0.25, -0.2) is 0 Å². The predicted molar refractivity (Wildman–Crippen MR) is 77.9 cm³/mol. The third-order valence-corrected chi connectivity index (χ3v) is 4.85. The second kappa shape index (κ2) is 5.57. The Hall–Kier alpha value is -1.73. The van der Waals surface area contributed by atoms with E-state index in [4.69, 9.17) is 4.52 Å². The van der Waals surface area contributed by atoms with Gasteiger partial charge < -0.3 is 9.63 Å². The molecule has 3 rings (SSSR count). The number of carboxylic acids is 1. The molecule has 1 saturated heterocycles. The Morgan fingerprint density at radius 1 is 1.62 bits per heavy atom. The van der Waals surface area contributed by atoms with E-state index >= 15 is 0 Å². The smallest absolute Gasteiger partial charge is 0.310 e. The zero-order valence-electron chi connectivity index (χ0n) is 11.8. The van der Waals surface area contributed by atoms with E-state index in [0.717, 1.165) is 12.1 Å². The second-order valence-corrected chi connectivity index (χ2v) is 6.20. The molecule has 1 unspecified atom stereocenters. The van der Waals surface area contributed by atoms with Crippen molar-refractivity contribution in [2.45, 2.75) is 26.3 Å². The van der Waals surface area contributed by atoms with Crippen molar-refractivity contribution in [1.29, 1.82) is 0 Å². The third-order valence-electron chi connectivity index (χ3n) is 4.17. The Kier molecular flexibility index (Phi) is 3.77. The van der Waals surface area contributed by atoms with Gasteiger partial charge in [-0.2, -0.15) is 16.3 Å². The fourth-order valence-electron chi connectivity index (χ4n) is 2.73. The number of aliphatic carboxylic acids is 1. The molecule has 1 N–H and O–H groups in total. The van der Waals surface area contributed by atoms with Gasteiger partial charge in [0.1, 0.15) is 0 Å². The van der Waals surface area contributed by atoms with Crippen LogP contribution in [0.3, 0.4) is 0 Å². The van der Waals surface area contributed by atoms with Crippen LogP contribution in [0.1, 0.15) is 25.7 Å². The number of likely N-dealkylation sites (tertiary alicyclic amines) is 1. The molecule has 21 heavy (non-hydrogen) atoms. The van der Waals surface area contributed by atoms with Gasteiger partial charge in [-0.1, -0.05) is 12.1 Å².